The van der Waals surface area contributed by atoms with Crippen molar-refractivity contribution in [2.75, 3.05) is 19.7 Å². The van der Waals surface area contributed by atoms with E-state index in [2.05, 4.69) is 5.32 Å². The summed E-state index contributed by atoms with van der Waals surface area (Å²) in [6, 6.07) is 0.0359. The molecule has 0 saturated carbocycles. The highest BCUT2D eigenvalue weighted by Crippen LogP contribution is 2.12. The number of amides is 2. The van der Waals surface area contributed by atoms with E-state index in [4.69, 9.17) is 9.84 Å². The molecule has 0 aromatic rings. The Bertz CT molecular complexity index is 335. The molecule has 20 heavy (non-hydrogen) atoms. The summed E-state index contributed by atoms with van der Waals surface area (Å²) in [5.74, 6) is -0.468. The number of nitrogens with zero attached hydrogens (tertiary/aromatic N) is 1. The highest BCUT2D eigenvalue weighted by molar-refractivity contribution is 5.74. The highest BCUT2D eigenvalue weighted by Gasteiger charge is 2.27. The van der Waals surface area contributed by atoms with E-state index in [9.17, 15) is 9.59 Å². The smallest absolute Gasteiger partial charge is 0.317 e. The first-order valence-electron chi connectivity index (χ1n) is 7.28. The average molecular weight is 286 g/mol. The van der Waals surface area contributed by atoms with Gasteiger partial charge >= 0.3 is 12.0 Å². The lowest BCUT2D eigenvalue weighted by molar-refractivity contribution is -0.137. The van der Waals surface area contributed by atoms with Crippen molar-refractivity contribution >= 4 is 12.0 Å². The van der Waals surface area contributed by atoms with Gasteiger partial charge in [0.15, 0.2) is 0 Å². The number of carboxylic acid groups (broad SMARTS) is 1. The van der Waals surface area contributed by atoms with Gasteiger partial charge in [0, 0.05) is 19.5 Å². The van der Waals surface area contributed by atoms with E-state index >= 15 is 0 Å². The molecule has 0 aromatic heterocycles. The van der Waals surface area contributed by atoms with Gasteiger partial charge in [0.25, 0.3) is 0 Å². The minimum Gasteiger partial charge on any atom is -0.481 e. The summed E-state index contributed by atoms with van der Waals surface area (Å²) in [6.07, 6.45) is 1.71. The zero-order valence-corrected chi connectivity index (χ0v) is 12.6. The van der Waals surface area contributed by atoms with Gasteiger partial charge in [-0.3, -0.25) is 4.79 Å². The van der Waals surface area contributed by atoms with Crippen LogP contribution >= 0.6 is 0 Å². The maximum atomic E-state index is 12.1. The van der Waals surface area contributed by atoms with Crippen LogP contribution < -0.4 is 5.32 Å². The van der Waals surface area contributed by atoms with Crippen molar-refractivity contribution in [2.45, 2.75) is 52.2 Å². The largest absolute Gasteiger partial charge is 0.481 e. The summed E-state index contributed by atoms with van der Waals surface area (Å²) in [7, 11) is 0. The number of aliphatic carboxylic acids is 1. The fraction of sp³-hybridized carbons (Fsp3) is 0.857. The Morgan fingerprint density at radius 3 is 2.75 bits per heavy atom. The summed E-state index contributed by atoms with van der Waals surface area (Å²) in [5.41, 5.74) is 0. The third-order valence-electron chi connectivity index (χ3n) is 3.63. The standard InChI is InChI=1S/C14H26N2O4/c1-10(4-5-13(17)18)6-7-15-14(19)16-8-12(3)20-9-11(16)2/h10-12H,4-9H2,1-3H3,(H,15,19)(H,17,18). The van der Waals surface area contributed by atoms with Gasteiger partial charge in [-0.2, -0.15) is 0 Å². The number of carboxylic acids is 1. The Labute approximate surface area is 120 Å². The average Bonchev–Trinajstić information content (AvgIpc) is 2.39. The van der Waals surface area contributed by atoms with Crippen LogP contribution in [0.15, 0.2) is 0 Å². The maximum Gasteiger partial charge on any atom is 0.317 e. The predicted molar refractivity (Wildman–Crippen MR) is 75.6 cm³/mol. The van der Waals surface area contributed by atoms with E-state index < -0.39 is 5.97 Å². The van der Waals surface area contributed by atoms with Crippen LogP contribution in [0.3, 0.4) is 0 Å². The molecule has 0 bridgehead atoms. The van der Waals surface area contributed by atoms with E-state index in [1.54, 1.807) is 4.90 Å². The van der Waals surface area contributed by atoms with E-state index in [-0.39, 0.29) is 24.6 Å². The molecule has 2 amide bonds. The fourth-order valence-corrected chi connectivity index (χ4v) is 2.23. The van der Waals surface area contributed by atoms with Crippen molar-refractivity contribution < 1.29 is 19.4 Å². The number of nitrogens with one attached hydrogen (secondary N) is 1. The van der Waals surface area contributed by atoms with Crippen LogP contribution in [-0.4, -0.2) is 53.8 Å². The monoisotopic (exact) mass is 286 g/mol. The van der Waals surface area contributed by atoms with Crippen molar-refractivity contribution in [3.63, 3.8) is 0 Å². The second-order valence-electron chi connectivity index (χ2n) is 5.70. The van der Waals surface area contributed by atoms with Crippen molar-refractivity contribution in [3.05, 3.63) is 0 Å². The lowest BCUT2D eigenvalue weighted by atomic mass is 10.0. The zero-order valence-electron chi connectivity index (χ0n) is 12.6. The highest BCUT2D eigenvalue weighted by atomic mass is 16.5. The van der Waals surface area contributed by atoms with Crippen molar-refractivity contribution in [3.8, 4) is 0 Å². The van der Waals surface area contributed by atoms with Crippen LogP contribution in [0.25, 0.3) is 0 Å². The number of hydrogen-bond acceptors (Lipinski definition) is 3. The molecule has 3 atom stereocenters. The summed E-state index contributed by atoms with van der Waals surface area (Å²) in [5, 5.41) is 11.5. The first-order valence-corrected chi connectivity index (χ1v) is 7.28. The van der Waals surface area contributed by atoms with E-state index in [0.29, 0.717) is 32.0 Å². The molecule has 1 saturated heterocycles. The zero-order chi connectivity index (χ0) is 15.1. The number of morpholine rings is 1. The summed E-state index contributed by atoms with van der Waals surface area (Å²) in [4.78, 5) is 24.3. The van der Waals surface area contributed by atoms with Gasteiger partial charge in [-0.1, -0.05) is 6.92 Å². The van der Waals surface area contributed by atoms with Crippen molar-refractivity contribution in [1.29, 1.82) is 0 Å². The Hall–Kier alpha value is -1.30. The molecule has 6 heteroatoms. The molecular weight excluding hydrogens is 260 g/mol. The molecule has 0 aromatic carbocycles. The molecule has 0 radical (unpaired) electrons. The van der Waals surface area contributed by atoms with E-state index in [1.165, 1.54) is 0 Å². The molecule has 3 unspecified atom stereocenters. The molecule has 1 rings (SSSR count). The molecule has 1 aliphatic rings. The predicted octanol–water partition coefficient (Wildman–Crippen LogP) is 1.70. The minimum absolute atomic E-state index is 0.0573. The van der Waals surface area contributed by atoms with Gasteiger partial charge in [-0.25, -0.2) is 4.79 Å². The molecule has 6 nitrogen and oxygen atoms in total. The number of hydrogen-bond donors (Lipinski definition) is 2. The van der Waals surface area contributed by atoms with Crippen LogP contribution in [0.2, 0.25) is 0 Å². The molecule has 116 valence electrons. The quantitative estimate of drug-likeness (QED) is 0.779. The van der Waals surface area contributed by atoms with Gasteiger partial charge in [-0.15, -0.1) is 0 Å². The molecule has 1 heterocycles. The van der Waals surface area contributed by atoms with E-state index in [1.807, 2.05) is 20.8 Å². The number of urea groups is 1. The van der Waals surface area contributed by atoms with Gasteiger partial charge < -0.3 is 20.1 Å². The van der Waals surface area contributed by atoms with Gasteiger partial charge in [-0.05, 0) is 32.6 Å². The topological polar surface area (TPSA) is 78.9 Å². The second kappa shape index (κ2) is 8.09. The second-order valence-corrected chi connectivity index (χ2v) is 5.70. The number of carbonyl (C=O) groups excluding carboxylic acids is 1. The minimum atomic E-state index is -0.767. The summed E-state index contributed by atoms with van der Waals surface area (Å²) >= 11 is 0. The van der Waals surface area contributed by atoms with Crippen molar-refractivity contribution in [1.82, 2.24) is 10.2 Å². The van der Waals surface area contributed by atoms with Gasteiger partial charge in [0.05, 0.1) is 18.8 Å². The lowest BCUT2D eigenvalue weighted by Gasteiger charge is -2.36. The van der Waals surface area contributed by atoms with Crippen LogP contribution in [0.5, 0.6) is 0 Å². The normalized spacial score (nSPS) is 24.2. The molecular formula is C14H26N2O4. The Kier molecular flexibility index (Phi) is 6.78. The molecule has 0 aliphatic carbocycles. The van der Waals surface area contributed by atoms with Crippen LogP contribution in [0.1, 0.15) is 40.0 Å². The fourth-order valence-electron chi connectivity index (χ4n) is 2.23. The lowest BCUT2D eigenvalue weighted by Crippen LogP contribution is -2.53. The maximum absolute atomic E-state index is 12.1. The van der Waals surface area contributed by atoms with Crippen LogP contribution in [0.4, 0.5) is 4.79 Å². The summed E-state index contributed by atoms with van der Waals surface area (Å²) in [6.45, 7) is 7.71. The van der Waals surface area contributed by atoms with Crippen molar-refractivity contribution in [2.24, 2.45) is 5.92 Å². The Balaban J connectivity index is 2.23. The molecule has 1 fully saturated rings. The number of carbonyl (C=O) groups is 2. The number of rotatable bonds is 6. The third-order valence-corrected chi connectivity index (χ3v) is 3.63. The molecule has 1 aliphatic heterocycles. The first kappa shape index (κ1) is 16.8. The Morgan fingerprint density at radius 1 is 1.40 bits per heavy atom. The first-order chi connectivity index (χ1) is 9.40. The Morgan fingerprint density at radius 2 is 2.10 bits per heavy atom. The molecule has 0 spiro atoms. The number of ether oxygens (including phenoxy) is 1. The molecule has 2 N–H and O–H groups in total. The third kappa shape index (κ3) is 5.77. The van der Waals surface area contributed by atoms with Gasteiger partial charge in [0.1, 0.15) is 0 Å². The summed E-state index contributed by atoms with van der Waals surface area (Å²) < 4.78 is 5.49. The van der Waals surface area contributed by atoms with Crippen LogP contribution in [-0.2, 0) is 9.53 Å². The SMILES string of the molecule is CC(CCNC(=O)N1CC(C)OCC1C)CCC(=O)O. The van der Waals surface area contributed by atoms with Crippen LogP contribution in [0, 0.1) is 5.92 Å². The van der Waals surface area contributed by atoms with Gasteiger partial charge in [0.2, 0.25) is 0 Å². The van der Waals surface area contributed by atoms with E-state index in [0.717, 1.165) is 6.42 Å².